The molecule has 3 amide bonds. The molecular weight excluding hydrogens is 382 g/mol. The lowest BCUT2D eigenvalue weighted by Gasteiger charge is -2.31. The summed E-state index contributed by atoms with van der Waals surface area (Å²) in [5.41, 5.74) is 0.660. The van der Waals surface area contributed by atoms with E-state index in [-0.39, 0.29) is 28.1 Å². The van der Waals surface area contributed by atoms with Crippen LogP contribution in [-0.2, 0) is 4.79 Å². The van der Waals surface area contributed by atoms with Crippen LogP contribution in [0.2, 0.25) is 5.02 Å². The average Bonchev–Trinajstić information content (AvgIpc) is 2.90. The second-order valence-electron chi connectivity index (χ2n) is 7.70. The van der Waals surface area contributed by atoms with Gasteiger partial charge >= 0.3 is 6.03 Å². The molecule has 1 aromatic rings. The van der Waals surface area contributed by atoms with Crippen molar-refractivity contribution in [2.24, 2.45) is 0 Å². The van der Waals surface area contributed by atoms with E-state index in [1.165, 1.54) is 0 Å². The van der Waals surface area contributed by atoms with Crippen LogP contribution in [0.25, 0.3) is 0 Å². The van der Waals surface area contributed by atoms with Gasteiger partial charge in [0.1, 0.15) is 5.37 Å². The van der Waals surface area contributed by atoms with E-state index in [1.54, 1.807) is 16.7 Å². The van der Waals surface area contributed by atoms with Crippen molar-refractivity contribution in [2.45, 2.75) is 57.2 Å². The zero-order valence-corrected chi connectivity index (χ0v) is 18.4. The fraction of sp³-hybridized carbons (Fsp3) is 0.600. The van der Waals surface area contributed by atoms with Crippen LogP contribution in [0.5, 0.6) is 0 Å². The van der Waals surface area contributed by atoms with Gasteiger partial charge in [0.15, 0.2) is 0 Å². The van der Waals surface area contributed by atoms with Crippen molar-refractivity contribution in [3.05, 3.63) is 34.9 Å². The first-order valence-corrected chi connectivity index (χ1v) is 10.8. The molecule has 1 heterocycles. The number of hydrogen-bond donors (Lipinski definition) is 1. The number of carbonyl (C=O) groups excluding carboxylic acids is 2. The van der Waals surface area contributed by atoms with Gasteiger partial charge in [-0.2, -0.15) is 0 Å². The minimum atomic E-state index is -0.294. The Hall–Kier alpha value is -1.40. The molecule has 0 saturated carbocycles. The highest BCUT2D eigenvalue weighted by Crippen LogP contribution is 2.45. The van der Waals surface area contributed by atoms with Crippen molar-refractivity contribution in [1.82, 2.24) is 15.1 Å². The van der Waals surface area contributed by atoms with Crippen LogP contribution in [-0.4, -0.2) is 52.2 Å². The zero-order valence-electron chi connectivity index (χ0n) is 16.8. The normalized spacial score (nSPS) is 20.1. The van der Waals surface area contributed by atoms with Crippen molar-refractivity contribution in [3.63, 3.8) is 0 Å². The Morgan fingerprint density at radius 2 is 1.96 bits per heavy atom. The molecule has 1 saturated heterocycles. The van der Waals surface area contributed by atoms with Crippen LogP contribution in [0.4, 0.5) is 4.79 Å². The molecule has 0 unspecified atom stereocenters. The molecule has 1 N–H and O–H groups in total. The largest absolute Gasteiger partial charge is 0.333 e. The number of hydrogen-bond acceptors (Lipinski definition) is 3. The zero-order chi connectivity index (χ0) is 20.2. The molecule has 1 aliphatic heterocycles. The average molecular weight is 412 g/mol. The first-order chi connectivity index (χ1) is 12.7. The number of nitrogens with zero attached hydrogens (tertiary/aromatic N) is 2. The van der Waals surface area contributed by atoms with Gasteiger partial charge in [0.2, 0.25) is 5.91 Å². The smallest absolute Gasteiger partial charge is 0.317 e. The molecule has 7 heteroatoms. The van der Waals surface area contributed by atoms with E-state index in [0.29, 0.717) is 24.7 Å². The predicted molar refractivity (Wildman–Crippen MR) is 113 cm³/mol. The van der Waals surface area contributed by atoms with E-state index in [2.05, 4.69) is 5.32 Å². The molecule has 0 aliphatic carbocycles. The molecule has 1 aliphatic rings. The summed E-state index contributed by atoms with van der Waals surface area (Å²) in [6.07, 6.45) is 0.781. The maximum Gasteiger partial charge on any atom is 0.317 e. The quantitative estimate of drug-likeness (QED) is 0.748. The number of amides is 3. The number of urea groups is 1. The van der Waals surface area contributed by atoms with Crippen molar-refractivity contribution >= 4 is 35.3 Å². The minimum absolute atomic E-state index is 0.0650. The van der Waals surface area contributed by atoms with Crippen molar-refractivity contribution < 1.29 is 9.59 Å². The number of nitrogens with one attached hydrogen (secondary N) is 1. The molecular formula is C20H30ClN3O2S. The third-order valence-electron chi connectivity index (χ3n) is 4.44. The van der Waals surface area contributed by atoms with Gasteiger partial charge < -0.3 is 15.1 Å². The minimum Gasteiger partial charge on any atom is -0.333 e. The van der Waals surface area contributed by atoms with Gasteiger partial charge in [-0.25, -0.2) is 4.79 Å². The monoisotopic (exact) mass is 411 g/mol. The van der Waals surface area contributed by atoms with Gasteiger partial charge in [-0.15, -0.1) is 11.8 Å². The SMILES string of the molecule is CC[C@H]1S[C@H](c2ccccc2Cl)N(CCN(CC)C(=O)NC(C)(C)C)C1=O. The van der Waals surface area contributed by atoms with Gasteiger partial charge in [-0.1, -0.05) is 36.7 Å². The third-order valence-corrected chi connectivity index (χ3v) is 6.41. The molecule has 5 nitrogen and oxygen atoms in total. The molecule has 0 bridgehead atoms. The lowest BCUT2D eigenvalue weighted by molar-refractivity contribution is -0.130. The third kappa shape index (κ3) is 5.55. The molecule has 1 aromatic carbocycles. The molecule has 0 aromatic heterocycles. The van der Waals surface area contributed by atoms with Gasteiger partial charge in [-0.05, 0) is 40.2 Å². The second kappa shape index (κ2) is 9.20. The van der Waals surface area contributed by atoms with Gasteiger partial charge in [-0.3, -0.25) is 4.79 Å². The molecule has 0 radical (unpaired) electrons. The summed E-state index contributed by atoms with van der Waals surface area (Å²) in [5, 5.41) is 3.48. The summed E-state index contributed by atoms with van der Waals surface area (Å²) in [5.74, 6) is 0.125. The van der Waals surface area contributed by atoms with Gasteiger partial charge in [0.25, 0.3) is 0 Å². The highest BCUT2D eigenvalue weighted by molar-refractivity contribution is 8.01. The Balaban J connectivity index is 2.14. The van der Waals surface area contributed by atoms with Crippen LogP contribution in [0.1, 0.15) is 52.0 Å². The number of rotatable bonds is 6. The van der Waals surface area contributed by atoms with Crippen molar-refractivity contribution in [1.29, 1.82) is 0 Å². The summed E-state index contributed by atoms with van der Waals surface area (Å²) >= 11 is 8.04. The lowest BCUT2D eigenvalue weighted by Crippen LogP contribution is -2.50. The number of benzene rings is 1. The van der Waals surface area contributed by atoms with E-state index >= 15 is 0 Å². The predicted octanol–water partition coefficient (Wildman–Crippen LogP) is 4.52. The topological polar surface area (TPSA) is 52.6 Å². The number of likely N-dealkylation sites (N-methyl/N-ethyl adjacent to an activating group) is 1. The number of thioether (sulfide) groups is 1. The summed E-state index contributed by atoms with van der Waals surface area (Å²) < 4.78 is 0. The van der Waals surface area contributed by atoms with E-state index < -0.39 is 0 Å². The first-order valence-electron chi connectivity index (χ1n) is 9.45. The fourth-order valence-electron chi connectivity index (χ4n) is 3.03. The summed E-state index contributed by atoms with van der Waals surface area (Å²) in [6.45, 7) is 11.4. The second-order valence-corrected chi connectivity index (χ2v) is 9.39. The number of halogens is 1. The number of carbonyl (C=O) groups is 2. The Morgan fingerprint density at radius 3 is 2.52 bits per heavy atom. The highest BCUT2D eigenvalue weighted by Gasteiger charge is 2.40. The van der Waals surface area contributed by atoms with Crippen LogP contribution in [0.3, 0.4) is 0 Å². The van der Waals surface area contributed by atoms with E-state index in [4.69, 9.17) is 11.6 Å². The van der Waals surface area contributed by atoms with Gasteiger partial charge in [0, 0.05) is 35.8 Å². The van der Waals surface area contributed by atoms with Crippen LogP contribution in [0.15, 0.2) is 24.3 Å². The maximum absolute atomic E-state index is 12.9. The Bertz CT molecular complexity index is 677. The van der Waals surface area contributed by atoms with Crippen molar-refractivity contribution in [3.8, 4) is 0 Å². The Morgan fingerprint density at radius 1 is 1.30 bits per heavy atom. The first kappa shape index (κ1) is 21.9. The molecule has 2 atom stereocenters. The Labute approximate surface area is 171 Å². The highest BCUT2D eigenvalue weighted by atomic mass is 35.5. The van der Waals surface area contributed by atoms with Crippen LogP contribution < -0.4 is 5.32 Å². The van der Waals surface area contributed by atoms with Gasteiger partial charge in [0.05, 0.1) is 5.25 Å². The summed E-state index contributed by atoms with van der Waals surface area (Å²) in [4.78, 5) is 29.0. The summed E-state index contributed by atoms with van der Waals surface area (Å²) in [7, 11) is 0. The van der Waals surface area contributed by atoms with Crippen molar-refractivity contribution in [2.75, 3.05) is 19.6 Å². The lowest BCUT2D eigenvalue weighted by atomic mass is 10.1. The molecule has 2 rings (SSSR count). The van der Waals surface area contributed by atoms with E-state index in [0.717, 1.165) is 12.0 Å². The molecule has 150 valence electrons. The standard InChI is InChI=1S/C20H30ClN3O2S/c1-6-16-17(25)24(18(27-16)14-10-8-9-11-15(14)21)13-12-23(7-2)19(26)22-20(3,4)5/h8-11,16,18H,6-7,12-13H2,1-5H3,(H,22,26)/t16-,18-/m1/s1. The fourth-order valence-corrected chi connectivity index (χ4v) is 4.80. The van der Waals surface area contributed by atoms with Crippen LogP contribution >= 0.6 is 23.4 Å². The molecule has 1 fully saturated rings. The molecule has 27 heavy (non-hydrogen) atoms. The van der Waals surface area contributed by atoms with E-state index in [9.17, 15) is 9.59 Å². The van der Waals surface area contributed by atoms with E-state index in [1.807, 2.05) is 63.8 Å². The van der Waals surface area contributed by atoms with Crippen LogP contribution in [0, 0.1) is 0 Å². The molecule has 0 spiro atoms. The summed E-state index contributed by atoms with van der Waals surface area (Å²) in [6, 6.07) is 7.56. The Kier molecular flexibility index (Phi) is 7.46. The maximum atomic E-state index is 12.9.